The Balaban J connectivity index is 1.80. The molecule has 158 valence electrons. The molecule has 30 heavy (non-hydrogen) atoms. The van der Waals surface area contributed by atoms with Crippen LogP contribution in [-0.2, 0) is 12.6 Å². The van der Waals surface area contributed by atoms with Gasteiger partial charge in [-0.05, 0) is 72.4 Å². The van der Waals surface area contributed by atoms with E-state index in [1.807, 2.05) is 6.07 Å². The Bertz CT molecular complexity index is 1050. The van der Waals surface area contributed by atoms with E-state index < -0.39 is 11.7 Å². The van der Waals surface area contributed by atoms with Crippen molar-refractivity contribution in [1.82, 2.24) is 0 Å². The van der Waals surface area contributed by atoms with Gasteiger partial charge in [0.2, 0.25) is 0 Å². The number of aryl methyl sites for hydroxylation is 2. The highest BCUT2D eigenvalue weighted by atomic mass is 32.1. The zero-order valence-electron chi connectivity index (χ0n) is 17.0. The van der Waals surface area contributed by atoms with Gasteiger partial charge in [-0.1, -0.05) is 26.0 Å². The number of phenolic OH excluding ortho intramolecular Hbond substituents is 1. The highest BCUT2D eigenvalue weighted by Gasteiger charge is 2.30. The number of Topliss-reactive ketones (excluding diaryl/α,β-unsaturated/α-hetero) is 1. The van der Waals surface area contributed by atoms with Crippen LogP contribution >= 0.6 is 11.3 Å². The summed E-state index contributed by atoms with van der Waals surface area (Å²) in [7, 11) is 0. The van der Waals surface area contributed by atoms with Gasteiger partial charge >= 0.3 is 6.18 Å². The lowest BCUT2D eigenvalue weighted by atomic mass is 9.98. The molecule has 0 aliphatic rings. The molecule has 0 saturated heterocycles. The van der Waals surface area contributed by atoms with Crippen molar-refractivity contribution in [2.45, 2.75) is 45.7 Å². The predicted molar refractivity (Wildman–Crippen MR) is 114 cm³/mol. The maximum Gasteiger partial charge on any atom is 0.416 e. The average molecular weight is 433 g/mol. The number of alkyl halides is 3. The smallest absolute Gasteiger partial charge is 0.416 e. The third-order valence-corrected chi connectivity index (χ3v) is 6.32. The monoisotopic (exact) mass is 432 g/mol. The maximum atomic E-state index is 12.8. The second-order valence-corrected chi connectivity index (χ2v) is 8.78. The van der Waals surface area contributed by atoms with Crippen LogP contribution in [0.25, 0.3) is 10.4 Å². The zero-order valence-corrected chi connectivity index (χ0v) is 17.8. The molecule has 0 spiro atoms. The minimum absolute atomic E-state index is 0.00251. The van der Waals surface area contributed by atoms with Gasteiger partial charge in [0.15, 0.2) is 5.78 Å². The van der Waals surface area contributed by atoms with Crippen LogP contribution < -0.4 is 0 Å². The summed E-state index contributed by atoms with van der Waals surface area (Å²) in [6, 6.07) is 12.0. The summed E-state index contributed by atoms with van der Waals surface area (Å²) in [5, 5.41) is 9.63. The molecule has 1 heterocycles. The normalized spacial score (nSPS) is 11.8. The van der Waals surface area contributed by atoms with E-state index in [1.165, 1.54) is 29.5 Å². The lowest BCUT2D eigenvalue weighted by Gasteiger charge is -2.07. The number of carbonyl (C=O) groups excluding carboxylic acids is 1. The summed E-state index contributed by atoms with van der Waals surface area (Å²) in [5.41, 5.74) is 2.41. The number of hydrogen-bond donors (Lipinski definition) is 1. The van der Waals surface area contributed by atoms with Gasteiger partial charge < -0.3 is 5.11 Å². The van der Waals surface area contributed by atoms with E-state index in [4.69, 9.17) is 0 Å². The summed E-state index contributed by atoms with van der Waals surface area (Å²) in [4.78, 5) is 14.6. The first-order valence-corrected chi connectivity index (χ1v) is 10.5. The average Bonchev–Trinajstić information content (AvgIpc) is 3.12. The number of hydrogen-bond acceptors (Lipinski definition) is 3. The summed E-state index contributed by atoms with van der Waals surface area (Å²) >= 11 is 1.52. The van der Waals surface area contributed by atoms with Crippen LogP contribution in [0, 0.1) is 6.92 Å². The van der Waals surface area contributed by atoms with Crippen LogP contribution in [0.1, 0.15) is 58.1 Å². The molecule has 2 aromatic carbocycles. The van der Waals surface area contributed by atoms with E-state index in [0.29, 0.717) is 24.0 Å². The van der Waals surface area contributed by atoms with E-state index in [2.05, 4.69) is 13.8 Å². The highest BCUT2D eigenvalue weighted by molar-refractivity contribution is 7.15. The fourth-order valence-corrected chi connectivity index (χ4v) is 4.61. The van der Waals surface area contributed by atoms with Crippen molar-refractivity contribution in [3.8, 4) is 16.2 Å². The molecular weight excluding hydrogens is 409 g/mol. The molecule has 0 amide bonds. The van der Waals surface area contributed by atoms with Gasteiger partial charge in [-0.25, -0.2) is 0 Å². The topological polar surface area (TPSA) is 37.3 Å². The molecule has 3 rings (SSSR count). The summed E-state index contributed by atoms with van der Waals surface area (Å²) in [6.07, 6.45) is -3.45. The first-order valence-electron chi connectivity index (χ1n) is 9.69. The minimum Gasteiger partial charge on any atom is -0.508 e. The zero-order chi connectivity index (χ0) is 22.1. The van der Waals surface area contributed by atoms with Gasteiger partial charge in [0, 0.05) is 21.7 Å². The first-order chi connectivity index (χ1) is 14.1. The van der Waals surface area contributed by atoms with Crippen LogP contribution in [0.5, 0.6) is 5.75 Å². The third kappa shape index (κ3) is 4.93. The largest absolute Gasteiger partial charge is 0.508 e. The van der Waals surface area contributed by atoms with Gasteiger partial charge in [-0.3, -0.25) is 4.79 Å². The minimum atomic E-state index is -4.35. The number of aromatic hydroxyl groups is 1. The van der Waals surface area contributed by atoms with Gasteiger partial charge in [0.1, 0.15) is 5.75 Å². The molecule has 0 radical (unpaired) electrons. The Morgan fingerprint density at radius 2 is 1.73 bits per heavy atom. The van der Waals surface area contributed by atoms with Gasteiger partial charge in [-0.2, -0.15) is 13.2 Å². The predicted octanol–water partition coefficient (Wildman–Crippen LogP) is 7.39. The maximum absolute atomic E-state index is 12.8. The molecular formula is C24H23F3O2S. The highest BCUT2D eigenvalue weighted by Crippen LogP contribution is 2.37. The van der Waals surface area contributed by atoms with Crippen molar-refractivity contribution < 1.29 is 23.1 Å². The number of ketones is 1. The number of halogens is 3. The van der Waals surface area contributed by atoms with Crippen LogP contribution in [-0.4, -0.2) is 10.9 Å². The number of benzene rings is 2. The van der Waals surface area contributed by atoms with E-state index >= 15 is 0 Å². The van der Waals surface area contributed by atoms with Gasteiger partial charge in [0.05, 0.1) is 5.56 Å². The molecule has 6 heteroatoms. The lowest BCUT2D eigenvalue weighted by molar-refractivity contribution is -0.137. The second-order valence-electron chi connectivity index (χ2n) is 7.64. The Kier molecular flexibility index (Phi) is 6.36. The van der Waals surface area contributed by atoms with E-state index in [0.717, 1.165) is 33.0 Å². The van der Waals surface area contributed by atoms with Crippen LogP contribution in [0.3, 0.4) is 0 Å². The summed E-state index contributed by atoms with van der Waals surface area (Å²) in [5.74, 6) is 0.399. The molecule has 0 unspecified atom stereocenters. The molecule has 0 fully saturated rings. The van der Waals surface area contributed by atoms with Crippen LogP contribution in [0.4, 0.5) is 13.2 Å². The molecule has 0 aliphatic carbocycles. The number of thiophene rings is 1. The SMILES string of the molecule is Cc1cc(C(=O)CCc2sc(-c3ccc(C(F)(F)F)cc3)cc2C(C)C)ccc1O. The number of carbonyl (C=O) groups is 1. The molecule has 0 saturated carbocycles. The molecule has 0 aliphatic heterocycles. The standard InChI is InChI=1S/C24H23F3O2S/c1-14(2)19-13-23(16-4-7-18(8-5-16)24(25,26)27)30-22(19)11-10-21(29)17-6-9-20(28)15(3)12-17/h4-9,12-14,28H,10-11H2,1-3H3. The molecule has 0 atom stereocenters. The Labute approximate surface area is 178 Å². The Hall–Kier alpha value is -2.60. The fraction of sp³-hybridized carbons (Fsp3) is 0.292. The van der Waals surface area contributed by atoms with Crippen molar-refractivity contribution in [2.75, 3.05) is 0 Å². The summed E-state index contributed by atoms with van der Waals surface area (Å²) < 4.78 is 38.4. The quantitative estimate of drug-likeness (QED) is 0.412. The molecule has 3 aromatic rings. The van der Waals surface area contributed by atoms with Crippen molar-refractivity contribution in [1.29, 1.82) is 0 Å². The van der Waals surface area contributed by atoms with E-state index in [-0.39, 0.29) is 17.5 Å². The molecule has 1 N–H and O–H groups in total. The van der Waals surface area contributed by atoms with Crippen molar-refractivity contribution >= 4 is 17.1 Å². The van der Waals surface area contributed by atoms with E-state index in [1.54, 1.807) is 19.1 Å². The van der Waals surface area contributed by atoms with E-state index in [9.17, 15) is 23.1 Å². The second kappa shape index (κ2) is 8.64. The van der Waals surface area contributed by atoms with Crippen molar-refractivity contribution in [2.24, 2.45) is 0 Å². The van der Waals surface area contributed by atoms with Gasteiger partial charge in [-0.15, -0.1) is 11.3 Å². The molecule has 0 bridgehead atoms. The summed E-state index contributed by atoms with van der Waals surface area (Å²) in [6.45, 7) is 5.87. The Morgan fingerprint density at radius 3 is 2.30 bits per heavy atom. The molecule has 1 aromatic heterocycles. The van der Waals surface area contributed by atoms with Crippen LogP contribution in [0.15, 0.2) is 48.5 Å². The number of rotatable bonds is 6. The lowest BCUT2D eigenvalue weighted by Crippen LogP contribution is -2.03. The fourth-order valence-electron chi connectivity index (χ4n) is 3.29. The van der Waals surface area contributed by atoms with Crippen LogP contribution in [0.2, 0.25) is 0 Å². The first kappa shape index (κ1) is 22.1. The number of phenols is 1. The molecule has 2 nitrogen and oxygen atoms in total. The van der Waals surface area contributed by atoms with Gasteiger partial charge in [0.25, 0.3) is 0 Å². The third-order valence-electron chi connectivity index (χ3n) is 5.06. The van der Waals surface area contributed by atoms with Crippen molar-refractivity contribution in [3.05, 3.63) is 75.7 Å². The Morgan fingerprint density at radius 1 is 1.07 bits per heavy atom. The van der Waals surface area contributed by atoms with Crippen molar-refractivity contribution in [3.63, 3.8) is 0 Å².